The highest BCUT2D eigenvalue weighted by Gasteiger charge is 2.22. The summed E-state index contributed by atoms with van der Waals surface area (Å²) in [6.45, 7) is 4.86. The molecule has 2 atom stereocenters. The van der Waals surface area contributed by atoms with Crippen molar-refractivity contribution >= 4 is 21.6 Å². The zero-order chi connectivity index (χ0) is 16.9. The van der Waals surface area contributed by atoms with Crippen molar-refractivity contribution in [3.05, 3.63) is 29.8 Å². The molecule has 7 heteroatoms. The van der Waals surface area contributed by atoms with E-state index in [0.29, 0.717) is 17.7 Å². The van der Waals surface area contributed by atoms with Crippen molar-refractivity contribution in [3.63, 3.8) is 0 Å². The maximum atomic E-state index is 12.3. The second-order valence-corrected chi connectivity index (χ2v) is 7.81. The number of benzene rings is 1. The van der Waals surface area contributed by atoms with Crippen LogP contribution in [0.3, 0.4) is 0 Å². The first-order valence-electron chi connectivity index (χ1n) is 8.06. The van der Waals surface area contributed by atoms with Crippen LogP contribution in [-0.2, 0) is 10.0 Å². The monoisotopic (exact) mass is 339 g/mol. The van der Waals surface area contributed by atoms with Crippen LogP contribution in [-0.4, -0.2) is 38.7 Å². The number of anilines is 1. The van der Waals surface area contributed by atoms with Crippen LogP contribution in [0.5, 0.6) is 0 Å². The molecule has 1 heterocycles. The average Bonchev–Trinajstić information content (AvgIpc) is 2.49. The Hall–Kier alpha value is -1.60. The molecule has 0 aromatic heterocycles. The zero-order valence-electron chi connectivity index (χ0n) is 13.6. The normalized spacial score (nSPS) is 21.7. The summed E-state index contributed by atoms with van der Waals surface area (Å²) in [4.78, 5) is 12.3. The van der Waals surface area contributed by atoms with Gasteiger partial charge in [-0.15, -0.1) is 0 Å². The molecule has 23 heavy (non-hydrogen) atoms. The van der Waals surface area contributed by atoms with Gasteiger partial charge in [0.2, 0.25) is 10.0 Å². The number of nitrogens with one attached hydrogen (secondary N) is 3. The predicted molar refractivity (Wildman–Crippen MR) is 92.1 cm³/mol. The number of hydrogen-bond donors (Lipinski definition) is 3. The second-order valence-electron chi connectivity index (χ2n) is 5.96. The van der Waals surface area contributed by atoms with E-state index in [9.17, 15) is 13.2 Å². The molecule has 1 aromatic carbocycles. The molecule has 3 N–H and O–H groups in total. The largest absolute Gasteiger partial charge is 0.348 e. The molecule has 0 bridgehead atoms. The van der Waals surface area contributed by atoms with Crippen LogP contribution in [0.4, 0.5) is 5.69 Å². The van der Waals surface area contributed by atoms with Gasteiger partial charge in [0, 0.05) is 23.3 Å². The number of rotatable bonds is 6. The molecule has 0 aliphatic carbocycles. The van der Waals surface area contributed by atoms with Crippen molar-refractivity contribution in [2.75, 3.05) is 17.0 Å². The quantitative estimate of drug-likeness (QED) is 0.736. The highest BCUT2D eigenvalue weighted by molar-refractivity contribution is 7.92. The van der Waals surface area contributed by atoms with Crippen LogP contribution >= 0.6 is 0 Å². The van der Waals surface area contributed by atoms with Crippen molar-refractivity contribution in [3.8, 4) is 0 Å². The molecule has 1 fully saturated rings. The highest BCUT2D eigenvalue weighted by Crippen LogP contribution is 2.14. The van der Waals surface area contributed by atoms with Crippen molar-refractivity contribution in [1.82, 2.24) is 10.6 Å². The van der Waals surface area contributed by atoms with Gasteiger partial charge in [0.05, 0.1) is 5.75 Å². The van der Waals surface area contributed by atoms with Crippen LogP contribution in [0.1, 0.15) is 43.5 Å². The van der Waals surface area contributed by atoms with Crippen molar-refractivity contribution in [1.29, 1.82) is 0 Å². The Morgan fingerprint density at radius 1 is 1.30 bits per heavy atom. The summed E-state index contributed by atoms with van der Waals surface area (Å²) in [6.07, 6.45) is 2.58. The van der Waals surface area contributed by atoms with Gasteiger partial charge in [0.1, 0.15) is 0 Å². The number of sulfonamides is 1. The maximum absolute atomic E-state index is 12.3. The Kier molecular flexibility index (Phi) is 6.01. The number of carbonyl (C=O) groups excluding carboxylic acids is 1. The summed E-state index contributed by atoms with van der Waals surface area (Å²) < 4.78 is 25.9. The molecule has 1 aliphatic rings. The highest BCUT2D eigenvalue weighted by atomic mass is 32.2. The minimum atomic E-state index is -3.31. The van der Waals surface area contributed by atoms with Gasteiger partial charge in [0.25, 0.3) is 5.91 Å². The minimum absolute atomic E-state index is 0.0851. The molecule has 2 unspecified atom stereocenters. The Morgan fingerprint density at radius 2 is 2.00 bits per heavy atom. The number of amides is 1. The molecule has 1 aromatic rings. The smallest absolute Gasteiger partial charge is 0.251 e. The van der Waals surface area contributed by atoms with Gasteiger partial charge < -0.3 is 10.6 Å². The first kappa shape index (κ1) is 17.7. The maximum Gasteiger partial charge on any atom is 0.251 e. The van der Waals surface area contributed by atoms with Crippen LogP contribution in [0, 0.1) is 0 Å². The Labute approximate surface area is 138 Å². The van der Waals surface area contributed by atoms with Crippen LogP contribution in [0.25, 0.3) is 0 Å². The first-order chi connectivity index (χ1) is 10.9. The number of piperidine rings is 1. The Morgan fingerprint density at radius 3 is 2.61 bits per heavy atom. The van der Waals surface area contributed by atoms with Gasteiger partial charge in [-0.25, -0.2) is 8.42 Å². The summed E-state index contributed by atoms with van der Waals surface area (Å²) in [5, 5.41) is 6.38. The van der Waals surface area contributed by atoms with Crippen molar-refractivity contribution in [2.45, 2.75) is 45.2 Å². The van der Waals surface area contributed by atoms with E-state index in [1.165, 1.54) is 0 Å². The summed E-state index contributed by atoms with van der Waals surface area (Å²) >= 11 is 0. The van der Waals surface area contributed by atoms with E-state index < -0.39 is 10.0 Å². The third kappa shape index (κ3) is 5.21. The molecule has 2 rings (SSSR count). The van der Waals surface area contributed by atoms with Gasteiger partial charge in [-0.1, -0.05) is 6.92 Å². The van der Waals surface area contributed by atoms with E-state index in [1.807, 2.05) is 6.92 Å². The lowest BCUT2D eigenvalue weighted by Gasteiger charge is -2.30. The van der Waals surface area contributed by atoms with Crippen LogP contribution in [0.2, 0.25) is 0 Å². The lowest BCUT2D eigenvalue weighted by molar-refractivity contribution is 0.0920. The van der Waals surface area contributed by atoms with Gasteiger partial charge >= 0.3 is 0 Å². The summed E-state index contributed by atoms with van der Waals surface area (Å²) in [5.74, 6) is -0.0459. The standard InChI is InChI=1S/C16H25N3O3S/c1-3-11-23(21,22)19-14-8-6-13(7-9-14)16(20)18-15-5-4-10-17-12(15)2/h6-9,12,15,17,19H,3-5,10-11H2,1-2H3,(H,18,20). The van der Waals surface area contributed by atoms with E-state index >= 15 is 0 Å². The molecule has 1 aliphatic heterocycles. The minimum Gasteiger partial charge on any atom is -0.348 e. The van der Waals surface area contributed by atoms with E-state index in [2.05, 4.69) is 22.3 Å². The fourth-order valence-electron chi connectivity index (χ4n) is 2.68. The van der Waals surface area contributed by atoms with Gasteiger partial charge in [-0.3, -0.25) is 9.52 Å². The van der Waals surface area contributed by atoms with E-state index in [-0.39, 0.29) is 23.7 Å². The topological polar surface area (TPSA) is 87.3 Å². The van der Waals surface area contributed by atoms with Gasteiger partial charge in [-0.05, 0) is 57.0 Å². The number of carbonyl (C=O) groups is 1. The first-order valence-corrected chi connectivity index (χ1v) is 9.71. The third-order valence-corrected chi connectivity index (χ3v) is 5.46. The molecule has 1 amide bonds. The lowest BCUT2D eigenvalue weighted by Crippen LogP contribution is -2.51. The number of hydrogen-bond acceptors (Lipinski definition) is 4. The molecule has 0 spiro atoms. The van der Waals surface area contributed by atoms with Gasteiger partial charge in [0.15, 0.2) is 0 Å². The van der Waals surface area contributed by atoms with Crippen molar-refractivity contribution < 1.29 is 13.2 Å². The second kappa shape index (κ2) is 7.79. The summed E-state index contributed by atoms with van der Waals surface area (Å²) in [5.41, 5.74) is 1.00. The Bertz CT molecular complexity index is 628. The predicted octanol–water partition coefficient (Wildman–Crippen LogP) is 1.71. The summed E-state index contributed by atoms with van der Waals surface area (Å²) in [6, 6.07) is 6.89. The van der Waals surface area contributed by atoms with E-state index in [1.54, 1.807) is 24.3 Å². The fourth-order valence-corrected chi connectivity index (χ4v) is 3.82. The van der Waals surface area contributed by atoms with Gasteiger partial charge in [-0.2, -0.15) is 0 Å². The van der Waals surface area contributed by atoms with E-state index in [4.69, 9.17) is 0 Å². The third-order valence-electron chi connectivity index (χ3n) is 3.97. The fraction of sp³-hybridized carbons (Fsp3) is 0.562. The molecule has 128 valence electrons. The average molecular weight is 339 g/mol. The van der Waals surface area contributed by atoms with Crippen molar-refractivity contribution in [2.24, 2.45) is 0 Å². The van der Waals surface area contributed by atoms with E-state index in [0.717, 1.165) is 19.4 Å². The molecular formula is C16H25N3O3S. The molecule has 0 radical (unpaired) electrons. The lowest BCUT2D eigenvalue weighted by atomic mass is 9.99. The van der Waals surface area contributed by atoms with Crippen LogP contribution in [0.15, 0.2) is 24.3 Å². The molecule has 0 saturated carbocycles. The Balaban J connectivity index is 1.97. The summed E-state index contributed by atoms with van der Waals surface area (Å²) in [7, 11) is -3.31. The molecule has 1 saturated heterocycles. The molecule has 6 nitrogen and oxygen atoms in total. The molecular weight excluding hydrogens is 314 g/mol. The SMILES string of the molecule is CCCS(=O)(=O)Nc1ccc(C(=O)NC2CCCNC2C)cc1. The van der Waals surface area contributed by atoms with Crippen LogP contribution < -0.4 is 15.4 Å². The zero-order valence-corrected chi connectivity index (χ0v) is 14.4.